The van der Waals surface area contributed by atoms with Crippen molar-refractivity contribution in [3.8, 4) is 0 Å². The van der Waals surface area contributed by atoms with Crippen molar-refractivity contribution in [3.63, 3.8) is 0 Å². The number of ether oxygens (including phenoxy) is 1. The topological polar surface area (TPSA) is 64.9 Å². The summed E-state index contributed by atoms with van der Waals surface area (Å²) in [6, 6.07) is 0.0404. The van der Waals surface area contributed by atoms with Crippen LogP contribution in [0.15, 0.2) is 10.7 Å². The highest BCUT2D eigenvalue weighted by Gasteiger charge is 2.25. The highest BCUT2D eigenvalue weighted by Crippen LogP contribution is 2.31. The first-order chi connectivity index (χ1) is 10.2. The van der Waals surface area contributed by atoms with Gasteiger partial charge in [-0.25, -0.2) is 0 Å². The molecule has 2 aromatic heterocycles. The largest absolute Gasteiger partial charge is 0.383 e. The highest BCUT2D eigenvalue weighted by molar-refractivity contribution is 9.10. The van der Waals surface area contributed by atoms with Crippen molar-refractivity contribution in [2.75, 3.05) is 20.3 Å². The van der Waals surface area contributed by atoms with Gasteiger partial charge in [-0.15, -0.1) is 5.10 Å². The van der Waals surface area contributed by atoms with Gasteiger partial charge in [0.05, 0.1) is 46.1 Å². The van der Waals surface area contributed by atoms with Crippen LogP contribution in [-0.2, 0) is 11.3 Å². The standard InChI is InChI=1S/C13H20BrN5OS/c1-4-5-15-11(13-9(2)17-18-21-13)12-10(14)8-16-19(12)6-7-20-3/h8,11,15H,4-7H2,1-3H3. The van der Waals surface area contributed by atoms with Crippen molar-refractivity contribution in [1.82, 2.24) is 24.7 Å². The molecule has 6 nitrogen and oxygen atoms in total. The number of methoxy groups -OCH3 is 1. The molecule has 0 aliphatic carbocycles. The average Bonchev–Trinajstić information content (AvgIpc) is 3.05. The summed E-state index contributed by atoms with van der Waals surface area (Å²) in [5.74, 6) is 0. The Kier molecular flexibility index (Phi) is 6.28. The molecule has 0 amide bonds. The van der Waals surface area contributed by atoms with Crippen molar-refractivity contribution in [1.29, 1.82) is 0 Å². The van der Waals surface area contributed by atoms with E-state index in [1.54, 1.807) is 7.11 Å². The van der Waals surface area contributed by atoms with Gasteiger partial charge in [-0.3, -0.25) is 4.68 Å². The molecule has 0 saturated heterocycles. The van der Waals surface area contributed by atoms with Crippen molar-refractivity contribution in [2.24, 2.45) is 0 Å². The van der Waals surface area contributed by atoms with Crippen LogP contribution in [0.5, 0.6) is 0 Å². The monoisotopic (exact) mass is 373 g/mol. The number of halogens is 1. The number of hydrogen-bond donors (Lipinski definition) is 1. The molecular weight excluding hydrogens is 354 g/mol. The third-order valence-corrected chi connectivity index (χ3v) is 4.66. The van der Waals surface area contributed by atoms with Gasteiger partial charge >= 0.3 is 0 Å². The van der Waals surface area contributed by atoms with Crippen LogP contribution in [0.1, 0.15) is 35.7 Å². The summed E-state index contributed by atoms with van der Waals surface area (Å²) >= 11 is 5.04. The lowest BCUT2D eigenvalue weighted by atomic mass is 10.1. The summed E-state index contributed by atoms with van der Waals surface area (Å²) in [6.07, 6.45) is 2.89. The first-order valence-electron chi connectivity index (χ1n) is 6.91. The van der Waals surface area contributed by atoms with Gasteiger partial charge in [0.1, 0.15) is 0 Å². The maximum absolute atomic E-state index is 5.17. The molecule has 2 rings (SSSR count). The highest BCUT2D eigenvalue weighted by atomic mass is 79.9. The van der Waals surface area contributed by atoms with Crippen molar-refractivity contribution in [2.45, 2.75) is 32.9 Å². The lowest BCUT2D eigenvalue weighted by molar-refractivity contribution is 0.182. The zero-order valence-electron chi connectivity index (χ0n) is 12.5. The molecule has 0 radical (unpaired) electrons. The Morgan fingerprint density at radius 2 is 2.33 bits per heavy atom. The number of nitrogens with one attached hydrogen (secondary N) is 1. The maximum Gasteiger partial charge on any atom is 0.0888 e. The predicted molar refractivity (Wildman–Crippen MR) is 86.6 cm³/mol. The molecular formula is C13H20BrN5OS. The third-order valence-electron chi connectivity index (χ3n) is 3.16. The minimum Gasteiger partial charge on any atom is -0.383 e. The van der Waals surface area contributed by atoms with Gasteiger partial charge in [-0.2, -0.15) is 5.10 Å². The molecule has 0 saturated carbocycles. The van der Waals surface area contributed by atoms with Crippen LogP contribution in [0, 0.1) is 6.92 Å². The fourth-order valence-corrected chi connectivity index (χ4v) is 3.37. The van der Waals surface area contributed by atoms with E-state index in [1.807, 2.05) is 17.8 Å². The van der Waals surface area contributed by atoms with Crippen LogP contribution in [0.2, 0.25) is 0 Å². The van der Waals surface area contributed by atoms with E-state index in [2.05, 4.69) is 42.9 Å². The molecule has 8 heteroatoms. The quantitative estimate of drug-likeness (QED) is 0.769. The van der Waals surface area contributed by atoms with Gasteiger partial charge in [0, 0.05) is 7.11 Å². The predicted octanol–water partition coefficient (Wildman–Crippen LogP) is 2.54. The molecule has 1 N–H and O–H groups in total. The molecule has 0 spiro atoms. The van der Waals surface area contributed by atoms with Crippen molar-refractivity contribution < 1.29 is 4.74 Å². The Bertz CT molecular complexity index is 571. The normalized spacial score (nSPS) is 12.8. The fraction of sp³-hybridized carbons (Fsp3) is 0.615. The third kappa shape index (κ3) is 3.88. The Morgan fingerprint density at radius 3 is 2.95 bits per heavy atom. The molecule has 116 valence electrons. The van der Waals surface area contributed by atoms with E-state index < -0.39 is 0 Å². The number of aryl methyl sites for hydroxylation is 1. The Hall–Kier alpha value is -0.830. The summed E-state index contributed by atoms with van der Waals surface area (Å²) in [7, 11) is 1.70. The van der Waals surface area contributed by atoms with Gasteiger partial charge in [0.25, 0.3) is 0 Å². The molecule has 2 aromatic rings. The molecule has 0 aromatic carbocycles. The molecule has 0 fully saturated rings. The zero-order chi connectivity index (χ0) is 15.2. The lowest BCUT2D eigenvalue weighted by Crippen LogP contribution is -2.26. The Labute approximate surface area is 137 Å². The number of hydrogen-bond acceptors (Lipinski definition) is 6. The lowest BCUT2D eigenvalue weighted by Gasteiger charge is -2.19. The van der Waals surface area contributed by atoms with Crippen LogP contribution >= 0.6 is 27.5 Å². The molecule has 1 atom stereocenters. The van der Waals surface area contributed by atoms with Crippen molar-refractivity contribution >= 4 is 27.5 Å². The van der Waals surface area contributed by atoms with Gasteiger partial charge in [0.15, 0.2) is 0 Å². The second-order valence-corrected chi connectivity index (χ2v) is 6.34. The zero-order valence-corrected chi connectivity index (χ0v) is 14.9. The minimum atomic E-state index is 0.0404. The molecule has 0 bridgehead atoms. The van der Waals surface area contributed by atoms with Crippen LogP contribution in [0.4, 0.5) is 0 Å². The molecule has 21 heavy (non-hydrogen) atoms. The summed E-state index contributed by atoms with van der Waals surface area (Å²) < 4.78 is 12.2. The van der Waals surface area contributed by atoms with E-state index in [9.17, 15) is 0 Å². The van der Waals surface area contributed by atoms with E-state index >= 15 is 0 Å². The van der Waals surface area contributed by atoms with Gasteiger partial charge in [0.2, 0.25) is 0 Å². The van der Waals surface area contributed by atoms with E-state index in [0.29, 0.717) is 13.2 Å². The second kappa shape index (κ2) is 7.98. The van der Waals surface area contributed by atoms with E-state index in [4.69, 9.17) is 4.74 Å². The Balaban J connectivity index is 2.36. The van der Waals surface area contributed by atoms with E-state index in [-0.39, 0.29) is 6.04 Å². The first kappa shape index (κ1) is 16.5. The van der Waals surface area contributed by atoms with Crippen molar-refractivity contribution in [3.05, 3.63) is 26.9 Å². The summed E-state index contributed by atoms with van der Waals surface area (Å²) in [4.78, 5) is 1.13. The first-order valence-corrected chi connectivity index (χ1v) is 8.48. The maximum atomic E-state index is 5.17. The van der Waals surface area contributed by atoms with Gasteiger partial charge in [-0.05, 0) is 47.4 Å². The van der Waals surface area contributed by atoms with E-state index in [0.717, 1.165) is 33.7 Å². The Morgan fingerprint density at radius 1 is 1.52 bits per heavy atom. The molecule has 0 aliphatic rings. The van der Waals surface area contributed by atoms with Crippen LogP contribution in [0.25, 0.3) is 0 Å². The number of rotatable bonds is 8. The van der Waals surface area contributed by atoms with Crippen LogP contribution < -0.4 is 5.32 Å². The van der Waals surface area contributed by atoms with E-state index in [1.165, 1.54) is 11.5 Å². The summed E-state index contributed by atoms with van der Waals surface area (Å²) in [5, 5.41) is 12.1. The van der Waals surface area contributed by atoms with Gasteiger partial charge in [-0.1, -0.05) is 11.4 Å². The van der Waals surface area contributed by atoms with Crippen LogP contribution in [-0.4, -0.2) is 39.6 Å². The molecule has 1 unspecified atom stereocenters. The summed E-state index contributed by atoms with van der Waals surface area (Å²) in [5.41, 5.74) is 2.05. The number of aromatic nitrogens is 4. The SMILES string of the molecule is CCCNC(c1snnc1C)c1c(Br)cnn1CCOC. The van der Waals surface area contributed by atoms with Crippen LogP contribution in [0.3, 0.4) is 0 Å². The number of nitrogens with zero attached hydrogens (tertiary/aromatic N) is 4. The minimum absolute atomic E-state index is 0.0404. The molecule has 2 heterocycles. The molecule has 0 aliphatic heterocycles. The second-order valence-electron chi connectivity index (χ2n) is 4.70. The fourth-order valence-electron chi connectivity index (χ4n) is 2.12. The average molecular weight is 374 g/mol. The smallest absolute Gasteiger partial charge is 0.0888 e. The van der Waals surface area contributed by atoms with Gasteiger partial charge < -0.3 is 10.1 Å². The summed E-state index contributed by atoms with van der Waals surface area (Å²) in [6.45, 7) is 6.40.